The first-order valence-electron chi connectivity index (χ1n) is 6.58. The van der Waals surface area contributed by atoms with Crippen molar-refractivity contribution in [2.75, 3.05) is 0 Å². The summed E-state index contributed by atoms with van der Waals surface area (Å²) >= 11 is 3.20. The molecule has 0 aliphatic rings. The second kappa shape index (κ2) is 6.31. The topological polar surface area (TPSA) is 34.9 Å². The monoisotopic (exact) mass is 338 g/mol. The first-order chi connectivity index (χ1) is 9.53. The molecule has 20 heavy (non-hydrogen) atoms. The van der Waals surface area contributed by atoms with Gasteiger partial charge in [0.1, 0.15) is 5.82 Å². The van der Waals surface area contributed by atoms with Gasteiger partial charge < -0.3 is 0 Å². The molecule has 1 aromatic heterocycles. The Morgan fingerprint density at radius 2 is 2.05 bits per heavy atom. The van der Waals surface area contributed by atoms with Gasteiger partial charge in [-0.05, 0) is 37.6 Å². The highest BCUT2D eigenvalue weighted by Gasteiger charge is 2.13. The minimum Gasteiger partial charge on any atom is -0.294 e. The highest BCUT2D eigenvalue weighted by molar-refractivity contribution is 9.10. The zero-order valence-electron chi connectivity index (χ0n) is 11.5. The zero-order valence-corrected chi connectivity index (χ0v) is 13.1. The summed E-state index contributed by atoms with van der Waals surface area (Å²) in [6, 6.07) is 6.18. The van der Waals surface area contributed by atoms with Crippen molar-refractivity contribution in [1.82, 2.24) is 9.78 Å². The number of carbonyl (C=O) groups excluding carboxylic acids is 1. The highest BCUT2D eigenvalue weighted by atomic mass is 79.9. The quantitative estimate of drug-likeness (QED) is 0.777. The van der Waals surface area contributed by atoms with E-state index in [-0.39, 0.29) is 12.2 Å². The van der Waals surface area contributed by atoms with Crippen molar-refractivity contribution in [1.29, 1.82) is 0 Å². The molecule has 0 aliphatic heterocycles. The number of aromatic nitrogens is 2. The van der Waals surface area contributed by atoms with E-state index in [0.717, 1.165) is 24.4 Å². The summed E-state index contributed by atoms with van der Waals surface area (Å²) in [6.45, 7) is 4.73. The normalized spacial score (nSPS) is 10.8. The fourth-order valence-corrected chi connectivity index (χ4v) is 2.55. The summed E-state index contributed by atoms with van der Waals surface area (Å²) in [5.74, 6) is -0.525. The molecule has 0 fully saturated rings. The van der Waals surface area contributed by atoms with E-state index in [4.69, 9.17) is 0 Å². The lowest BCUT2D eigenvalue weighted by atomic mass is 10.1. The second-order valence-corrected chi connectivity index (χ2v) is 5.47. The summed E-state index contributed by atoms with van der Waals surface area (Å²) in [5, 5.41) is 4.41. The third kappa shape index (κ3) is 3.33. The van der Waals surface area contributed by atoms with Crippen molar-refractivity contribution in [3.8, 4) is 0 Å². The molecule has 0 bridgehead atoms. The van der Waals surface area contributed by atoms with Crippen LogP contribution >= 0.6 is 15.9 Å². The molecule has 0 N–H and O–H groups in total. The molecule has 2 aromatic rings. The lowest BCUT2D eigenvalue weighted by Crippen LogP contribution is -2.10. The fourth-order valence-electron chi connectivity index (χ4n) is 2.09. The number of benzene rings is 1. The van der Waals surface area contributed by atoms with Crippen molar-refractivity contribution in [2.45, 2.75) is 33.2 Å². The van der Waals surface area contributed by atoms with Crippen LogP contribution in [0.5, 0.6) is 0 Å². The van der Waals surface area contributed by atoms with Crippen LogP contribution in [0.3, 0.4) is 0 Å². The number of Topliss-reactive ketones (excluding diaryl/α,β-unsaturated/α-hetero) is 1. The molecule has 1 heterocycles. The van der Waals surface area contributed by atoms with E-state index in [2.05, 4.69) is 21.0 Å². The first kappa shape index (κ1) is 14.9. The second-order valence-electron chi connectivity index (χ2n) is 4.55. The van der Waals surface area contributed by atoms with E-state index in [1.165, 1.54) is 12.1 Å². The molecule has 3 nitrogen and oxygen atoms in total. The minimum atomic E-state index is -0.416. The Morgan fingerprint density at radius 1 is 1.30 bits per heavy atom. The van der Waals surface area contributed by atoms with Gasteiger partial charge >= 0.3 is 0 Å². The van der Waals surface area contributed by atoms with E-state index in [0.29, 0.717) is 10.0 Å². The summed E-state index contributed by atoms with van der Waals surface area (Å²) in [6.07, 6.45) is 1.07. The molecule has 1 aromatic carbocycles. The predicted octanol–water partition coefficient (Wildman–Crippen LogP) is 3.79. The maximum absolute atomic E-state index is 13.3. The van der Waals surface area contributed by atoms with E-state index < -0.39 is 5.82 Å². The third-order valence-electron chi connectivity index (χ3n) is 3.10. The maximum Gasteiger partial charge on any atom is 0.168 e. The molecule has 0 spiro atoms. The van der Waals surface area contributed by atoms with E-state index in [9.17, 15) is 9.18 Å². The van der Waals surface area contributed by atoms with Crippen LogP contribution in [0.4, 0.5) is 4.39 Å². The van der Waals surface area contributed by atoms with Crippen LogP contribution in [0.2, 0.25) is 0 Å². The number of nitrogens with zero attached hydrogens (tertiary/aromatic N) is 2. The summed E-state index contributed by atoms with van der Waals surface area (Å²) in [4.78, 5) is 12.3. The Balaban J connectivity index is 2.25. The summed E-state index contributed by atoms with van der Waals surface area (Å²) < 4.78 is 15.7. The van der Waals surface area contributed by atoms with Crippen LogP contribution in [0.1, 0.15) is 35.6 Å². The molecular weight excluding hydrogens is 323 g/mol. The van der Waals surface area contributed by atoms with Crippen LogP contribution in [0.25, 0.3) is 0 Å². The number of aryl methyl sites for hydroxylation is 2. The van der Waals surface area contributed by atoms with Crippen molar-refractivity contribution in [3.05, 3.63) is 51.5 Å². The van der Waals surface area contributed by atoms with Crippen LogP contribution < -0.4 is 0 Å². The number of hydrogen-bond acceptors (Lipinski definition) is 2. The molecule has 0 radical (unpaired) electrons. The smallest absolute Gasteiger partial charge is 0.168 e. The maximum atomic E-state index is 13.3. The molecule has 0 atom stereocenters. The number of rotatable bonds is 5. The third-order valence-corrected chi connectivity index (χ3v) is 3.56. The van der Waals surface area contributed by atoms with Gasteiger partial charge in [-0.3, -0.25) is 9.48 Å². The molecule has 0 amide bonds. The fraction of sp³-hybridized carbons (Fsp3) is 0.333. The van der Waals surface area contributed by atoms with Gasteiger partial charge in [-0.25, -0.2) is 4.39 Å². The van der Waals surface area contributed by atoms with Gasteiger partial charge in [0.05, 0.1) is 12.1 Å². The van der Waals surface area contributed by atoms with Crippen LogP contribution in [-0.4, -0.2) is 15.6 Å². The van der Waals surface area contributed by atoms with Gasteiger partial charge in [-0.1, -0.05) is 22.9 Å². The lowest BCUT2D eigenvalue weighted by Gasteiger charge is -2.05. The molecule has 0 saturated carbocycles. The number of ketones is 1. The molecule has 0 aliphatic carbocycles. The summed E-state index contributed by atoms with van der Waals surface area (Å²) in [5.41, 5.74) is 2.21. The van der Waals surface area contributed by atoms with Crippen molar-refractivity contribution >= 4 is 21.7 Å². The first-order valence-corrected chi connectivity index (χ1v) is 7.37. The Bertz CT molecular complexity index is 617. The van der Waals surface area contributed by atoms with Crippen molar-refractivity contribution < 1.29 is 9.18 Å². The Morgan fingerprint density at radius 3 is 2.65 bits per heavy atom. The van der Waals surface area contributed by atoms with Crippen molar-refractivity contribution in [2.24, 2.45) is 0 Å². The Labute approximate surface area is 125 Å². The van der Waals surface area contributed by atoms with Gasteiger partial charge in [0.25, 0.3) is 0 Å². The van der Waals surface area contributed by atoms with Crippen LogP contribution in [0.15, 0.2) is 28.7 Å². The zero-order chi connectivity index (χ0) is 14.7. The van der Waals surface area contributed by atoms with Crippen LogP contribution in [0, 0.1) is 5.82 Å². The largest absolute Gasteiger partial charge is 0.294 e. The van der Waals surface area contributed by atoms with Gasteiger partial charge in [0, 0.05) is 22.3 Å². The summed E-state index contributed by atoms with van der Waals surface area (Å²) in [7, 11) is 0. The van der Waals surface area contributed by atoms with E-state index >= 15 is 0 Å². The number of halogens is 2. The van der Waals surface area contributed by atoms with Gasteiger partial charge in [0.15, 0.2) is 5.78 Å². The molecule has 0 unspecified atom stereocenters. The molecule has 5 heteroatoms. The molecule has 2 rings (SSSR count). The van der Waals surface area contributed by atoms with E-state index in [1.807, 2.05) is 24.6 Å². The highest BCUT2D eigenvalue weighted by Crippen LogP contribution is 2.17. The van der Waals surface area contributed by atoms with Gasteiger partial charge in [0.2, 0.25) is 0 Å². The van der Waals surface area contributed by atoms with Gasteiger partial charge in [-0.15, -0.1) is 0 Å². The standard InChI is InChI=1S/C15H16BrFN2O/c1-3-13-8-14(19(4-2)18-13)9-15(20)10-5-11(16)7-12(17)6-10/h5-8H,3-4,9H2,1-2H3. The average molecular weight is 339 g/mol. The number of hydrogen-bond donors (Lipinski definition) is 0. The van der Waals surface area contributed by atoms with Gasteiger partial charge in [-0.2, -0.15) is 5.10 Å². The number of carbonyl (C=O) groups is 1. The van der Waals surface area contributed by atoms with Crippen molar-refractivity contribution in [3.63, 3.8) is 0 Å². The molecule has 0 saturated heterocycles. The SMILES string of the molecule is CCc1cc(CC(=O)c2cc(F)cc(Br)c2)n(CC)n1. The molecular formula is C15H16BrFN2O. The Kier molecular flexibility index (Phi) is 4.70. The minimum absolute atomic E-state index is 0.109. The predicted molar refractivity (Wildman–Crippen MR) is 79.4 cm³/mol. The van der Waals surface area contributed by atoms with E-state index in [1.54, 1.807) is 6.07 Å². The average Bonchev–Trinajstić information content (AvgIpc) is 2.79. The molecule has 106 valence electrons. The Hall–Kier alpha value is -1.49. The van der Waals surface area contributed by atoms with Crippen LogP contribution in [-0.2, 0) is 19.4 Å². The lowest BCUT2D eigenvalue weighted by molar-refractivity contribution is 0.0990.